The van der Waals surface area contributed by atoms with Crippen LogP contribution in [0.2, 0.25) is 0 Å². The predicted octanol–water partition coefficient (Wildman–Crippen LogP) is 3.06. The molecule has 0 aliphatic carbocycles. The number of hydrogen-bond donors (Lipinski definition) is 1. The van der Waals surface area contributed by atoms with E-state index in [4.69, 9.17) is 4.74 Å². The molecule has 6 nitrogen and oxygen atoms in total. The predicted molar refractivity (Wildman–Crippen MR) is 73.0 cm³/mol. The molecule has 2 atom stereocenters. The van der Waals surface area contributed by atoms with Crippen molar-refractivity contribution < 1.29 is 32.9 Å². The number of halogens is 2. The zero-order chi connectivity index (χ0) is 16.2. The zero-order valence-electron chi connectivity index (χ0n) is 12.1. The number of piperidine rings is 1. The maximum atomic E-state index is 13.0. The first-order valence-corrected chi connectivity index (χ1v) is 7.49. The lowest BCUT2D eigenvalue weighted by atomic mass is 10.0. The van der Waals surface area contributed by atoms with E-state index in [-0.39, 0.29) is 29.7 Å². The van der Waals surface area contributed by atoms with Crippen molar-refractivity contribution in [1.82, 2.24) is 4.90 Å². The second-order valence-corrected chi connectivity index (χ2v) is 6.06. The standard InChI is InChI=1S/C15H15F2NO5/c16-15(17)22-12-4-3-10(7-13(12)23-15)21-11-5-8-1-2-9(6-11)18(8)14(19)20/h3-4,7-9,11H,1-2,5-6H2,(H,19,20). The summed E-state index contributed by atoms with van der Waals surface area (Å²) in [7, 11) is 0. The minimum Gasteiger partial charge on any atom is -0.490 e. The van der Waals surface area contributed by atoms with Gasteiger partial charge in [-0.15, -0.1) is 8.78 Å². The summed E-state index contributed by atoms with van der Waals surface area (Å²) in [4.78, 5) is 12.8. The molecule has 8 heteroatoms. The van der Waals surface area contributed by atoms with Crippen molar-refractivity contribution in [3.63, 3.8) is 0 Å². The molecule has 3 aliphatic rings. The van der Waals surface area contributed by atoms with E-state index >= 15 is 0 Å². The van der Waals surface area contributed by atoms with Crippen LogP contribution in [0.25, 0.3) is 0 Å². The van der Waals surface area contributed by atoms with Crippen LogP contribution < -0.4 is 14.2 Å². The summed E-state index contributed by atoms with van der Waals surface area (Å²) in [5.41, 5.74) is 0. The van der Waals surface area contributed by atoms with Gasteiger partial charge in [0.05, 0.1) is 0 Å². The zero-order valence-corrected chi connectivity index (χ0v) is 12.1. The van der Waals surface area contributed by atoms with Crippen LogP contribution in [0.15, 0.2) is 18.2 Å². The van der Waals surface area contributed by atoms with Crippen LogP contribution in [0.5, 0.6) is 17.2 Å². The molecule has 0 aromatic heterocycles. The van der Waals surface area contributed by atoms with E-state index in [0.29, 0.717) is 18.6 Å². The van der Waals surface area contributed by atoms with E-state index in [0.717, 1.165) is 12.8 Å². The molecule has 23 heavy (non-hydrogen) atoms. The number of rotatable bonds is 2. The molecule has 3 heterocycles. The Kier molecular flexibility index (Phi) is 3.04. The second-order valence-electron chi connectivity index (χ2n) is 6.06. The minimum atomic E-state index is -3.65. The first kappa shape index (κ1) is 14.3. The van der Waals surface area contributed by atoms with E-state index in [9.17, 15) is 18.7 Å². The summed E-state index contributed by atoms with van der Waals surface area (Å²) in [6.45, 7) is 0. The fourth-order valence-electron chi connectivity index (χ4n) is 3.73. The van der Waals surface area contributed by atoms with Crippen LogP contribution in [-0.4, -0.2) is 40.6 Å². The maximum absolute atomic E-state index is 13.0. The summed E-state index contributed by atoms with van der Waals surface area (Å²) < 4.78 is 40.6. The normalized spacial score (nSPS) is 30.3. The van der Waals surface area contributed by atoms with Crippen LogP contribution in [0, 0.1) is 0 Å². The number of hydrogen-bond acceptors (Lipinski definition) is 4. The second kappa shape index (κ2) is 4.87. The molecule has 0 spiro atoms. The molecular formula is C15H15F2NO5. The summed E-state index contributed by atoms with van der Waals surface area (Å²) in [6.07, 6.45) is -1.78. The Morgan fingerprint density at radius 1 is 1.22 bits per heavy atom. The summed E-state index contributed by atoms with van der Waals surface area (Å²) in [5, 5.41) is 9.23. The van der Waals surface area contributed by atoms with Gasteiger partial charge in [-0.1, -0.05) is 0 Å². The van der Waals surface area contributed by atoms with Gasteiger partial charge in [-0.2, -0.15) is 0 Å². The third-order valence-electron chi connectivity index (χ3n) is 4.59. The van der Waals surface area contributed by atoms with Gasteiger partial charge >= 0.3 is 12.4 Å². The molecule has 2 fully saturated rings. The van der Waals surface area contributed by atoms with Crippen LogP contribution in [0.1, 0.15) is 25.7 Å². The van der Waals surface area contributed by atoms with Crippen LogP contribution >= 0.6 is 0 Å². The molecule has 4 rings (SSSR count). The quantitative estimate of drug-likeness (QED) is 0.904. The van der Waals surface area contributed by atoms with Gasteiger partial charge in [-0.25, -0.2) is 4.79 Å². The van der Waals surface area contributed by atoms with Crippen molar-refractivity contribution >= 4 is 6.09 Å². The lowest BCUT2D eigenvalue weighted by Crippen LogP contribution is -2.48. The highest BCUT2D eigenvalue weighted by molar-refractivity contribution is 5.66. The third kappa shape index (κ3) is 2.51. The van der Waals surface area contributed by atoms with Gasteiger partial charge in [0.2, 0.25) is 0 Å². The first-order valence-electron chi connectivity index (χ1n) is 7.49. The van der Waals surface area contributed by atoms with Crippen molar-refractivity contribution in [1.29, 1.82) is 0 Å². The topological polar surface area (TPSA) is 68.2 Å². The van der Waals surface area contributed by atoms with E-state index in [2.05, 4.69) is 9.47 Å². The Morgan fingerprint density at radius 3 is 2.52 bits per heavy atom. The molecule has 124 valence electrons. The van der Waals surface area contributed by atoms with Crippen molar-refractivity contribution in [2.45, 2.75) is 50.2 Å². The minimum absolute atomic E-state index is 0.0249. The molecular weight excluding hydrogens is 312 g/mol. The molecule has 0 radical (unpaired) electrons. The molecule has 1 aromatic rings. The van der Waals surface area contributed by atoms with Crippen molar-refractivity contribution in [3.8, 4) is 17.2 Å². The van der Waals surface area contributed by atoms with Gasteiger partial charge in [0.15, 0.2) is 11.5 Å². The molecule has 2 saturated heterocycles. The fourth-order valence-corrected chi connectivity index (χ4v) is 3.73. The van der Waals surface area contributed by atoms with Crippen LogP contribution in [-0.2, 0) is 0 Å². The monoisotopic (exact) mass is 327 g/mol. The average molecular weight is 327 g/mol. The number of alkyl halides is 2. The summed E-state index contributed by atoms with van der Waals surface area (Å²) in [5.74, 6) is 0.333. The number of benzene rings is 1. The Hall–Kier alpha value is -2.25. The van der Waals surface area contributed by atoms with E-state index in [1.807, 2.05) is 0 Å². The largest absolute Gasteiger partial charge is 0.586 e. The molecule has 2 unspecified atom stereocenters. The third-order valence-corrected chi connectivity index (χ3v) is 4.59. The van der Waals surface area contributed by atoms with Crippen molar-refractivity contribution in [2.75, 3.05) is 0 Å². The van der Waals surface area contributed by atoms with Gasteiger partial charge in [0.25, 0.3) is 0 Å². The van der Waals surface area contributed by atoms with Crippen molar-refractivity contribution in [3.05, 3.63) is 18.2 Å². The lowest BCUT2D eigenvalue weighted by molar-refractivity contribution is -0.286. The maximum Gasteiger partial charge on any atom is 0.586 e. The fraction of sp³-hybridized carbons (Fsp3) is 0.533. The molecule has 0 saturated carbocycles. The molecule has 1 aromatic carbocycles. The number of nitrogens with zero attached hydrogens (tertiary/aromatic N) is 1. The number of amides is 1. The van der Waals surface area contributed by atoms with E-state index in [1.54, 1.807) is 6.07 Å². The van der Waals surface area contributed by atoms with Gasteiger partial charge in [0.1, 0.15) is 11.9 Å². The molecule has 1 amide bonds. The summed E-state index contributed by atoms with van der Waals surface area (Å²) >= 11 is 0. The van der Waals surface area contributed by atoms with Gasteiger partial charge < -0.3 is 24.2 Å². The lowest BCUT2D eigenvalue weighted by Gasteiger charge is -2.37. The Morgan fingerprint density at radius 2 is 1.87 bits per heavy atom. The number of carboxylic acid groups (broad SMARTS) is 1. The highest BCUT2D eigenvalue weighted by Gasteiger charge is 2.45. The molecule has 1 N–H and O–H groups in total. The van der Waals surface area contributed by atoms with Crippen molar-refractivity contribution in [2.24, 2.45) is 0 Å². The van der Waals surface area contributed by atoms with Gasteiger partial charge in [0, 0.05) is 31.0 Å². The van der Waals surface area contributed by atoms with Gasteiger partial charge in [-0.3, -0.25) is 0 Å². The van der Waals surface area contributed by atoms with Crippen LogP contribution in [0.3, 0.4) is 0 Å². The number of fused-ring (bicyclic) bond motifs is 3. The number of carbonyl (C=O) groups is 1. The summed E-state index contributed by atoms with van der Waals surface area (Å²) in [6, 6.07) is 4.24. The molecule has 3 aliphatic heterocycles. The average Bonchev–Trinajstić information content (AvgIpc) is 2.91. The molecule has 2 bridgehead atoms. The first-order chi connectivity index (χ1) is 10.9. The smallest absolute Gasteiger partial charge is 0.490 e. The Bertz CT molecular complexity index is 639. The SMILES string of the molecule is O=C(O)N1C2CCC1CC(Oc1ccc3c(c1)OC(F)(F)O3)C2. The van der Waals surface area contributed by atoms with E-state index < -0.39 is 12.4 Å². The Balaban J connectivity index is 1.46. The van der Waals surface area contributed by atoms with E-state index in [1.165, 1.54) is 17.0 Å². The Labute approximate surface area is 130 Å². The highest BCUT2D eigenvalue weighted by atomic mass is 19.3. The number of ether oxygens (including phenoxy) is 3. The highest BCUT2D eigenvalue weighted by Crippen LogP contribution is 2.44. The van der Waals surface area contributed by atoms with Crippen LogP contribution in [0.4, 0.5) is 13.6 Å². The van der Waals surface area contributed by atoms with Gasteiger partial charge in [-0.05, 0) is 25.0 Å².